The van der Waals surface area contributed by atoms with Crippen LogP contribution in [0, 0.1) is 0 Å². The minimum Gasteiger partial charge on any atom is -0.462 e. The molecule has 17 nitrogen and oxygen atoms in total. The summed E-state index contributed by atoms with van der Waals surface area (Å²) in [7, 11) is -9.98. The fourth-order valence-electron chi connectivity index (χ4n) is 9.51. The summed E-state index contributed by atoms with van der Waals surface area (Å²) in [6, 6.07) is 0. The van der Waals surface area contributed by atoms with Gasteiger partial charge in [-0.15, -0.1) is 0 Å². The largest absolute Gasteiger partial charge is 0.472 e. The predicted molar refractivity (Wildman–Crippen MR) is 408 cm³/mol. The molecule has 0 radical (unpaired) electrons. The van der Waals surface area contributed by atoms with E-state index in [2.05, 4.69) is 174 Å². The molecule has 0 aromatic heterocycles. The van der Waals surface area contributed by atoms with Gasteiger partial charge in [0.1, 0.15) is 19.3 Å². The minimum atomic E-state index is -4.99. The summed E-state index contributed by atoms with van der Waals surface area (Å²) < 4.78 is 68.4. The molecule has 5 atom stereocenters. The summed E-state index contributed by atoms with van der Waals surface area (Å²) >= 11 is 0. The number of aliphatic hydroxyl groups is 1. The van der Waals surface area contributed by atoms with E-state index in [1.54, 1.807) is 0 Å². The topological polar surface area (TPSA) is 237 Å². The van der Waals surface area contributed by atoms with Gasteiger partial charge in [0.25, 0.3) is 0 Å². The lowest BCUT2D eigenvalue weighted by atomic mass is 10.1. The van der Waals surface area contributed by atoms with Crippen molar-refractivity contribution in [3.63, 3.8) is 0 Å². The molecule has 0 saturated carbocycles. The Morgan fingerprint density at radius 1 is 0.290 bits per heavy atom. The number of carbonyl (C=O) groups excluding carboxylic acids is 4. The van der Waals surface area contributed by atoms with Gasteiger partial charge >= 0.3 is 39.5 Å². The van der Waals surface area contributed by atoms with Crippen LogP contribution < -0.4 is 0 Å². The quantitative estimate of drug-likeness (QED) is 0.0169. The number of ether oxygens (including phenoxy) is 4. The van der Waals surface area contributed by atoms with E-state index in [1.165, 1.54) is 0 Å². The normalized spacial score (nSPS) is 14.8. The Kier molecular flexibility index (Phi) is 68.6. The van der Waals surface area contributed by atoms with E-state index in [0.717, 1.165) is 205 Å². The lowest BCUT2D eigenvalue weighted by Gasteiger charge is -2.21. The van der Waals surface area contributed by atoms with Crippen LogP contribution in [0.25, 0.3) is 0 Å². The molecule has 0 spiro atoms. The van der Waals surface area contributed by atoms with Crippen molar-refractivity contribution in [3.05, 3.63) is 146 Å². The smallest absolute Gasteiger partial charge is 0.462 e. The molecule has 0 amide bonds. The van der Waals surface area contributed by atoms with Crippen molar-refractivity contribution in [1.82, 2.24) is 0 Å². The number of esters is 4. The van der Waals surface area contributed by atoms with Crippen LogP contribution in [-0.4, -0.2) is 96.7 Å². The van der Waals surface area contributed by atoms with Crippen molar-refractivity contribution in [3.8, 4) is 0 Å². The van der Waals surface area contributed by atoms with Gasteiger partial charge < -0.3 is 33.8 Å². The Hall–Kier alpha value is -5.06. The first-order chi connectivity index (χ1) is 48.7. The fraction of sp³-hybridized carbons (Fsp3) is 0.654. The zero-order valence-corrected chi connectivity index (χ0v) is 63.9. The lowest BCUT2D eigenvalue weighted by molar-refractivity contribution is -0.161. The molecule has 0 saturated heterocycles. The molecular weight excluding hydrogens is 1310 g/mol. The summed E-state index contributed by atoms with van der Waals surface area (Å²) in [6.07, 6.45) is 81.2. The van der Waals surface area contributed by atoms with Gasteiger partial charge in [0, 0.05) is 25.7 Å². The first kappa shape index (κ1) is 94.9. The second-order valence-electron chi connectivity index (χ2n) is 24.8. The third-order valence-corrected chi connectivity index (χ3v) is 17.1. The number of hydrogen-bond acceptors (Lipinski definition) is 15. The van der Waals surface area contributed by atoms with Crippen LogP contribution in [0.3, 0.4) is 0 Å². The molecule has 0 aromatic carbocycles. The molecule has 0 bridgehead atoms. The van der Waals surface area contributed by atoms with Gasteiger partial charge in [0.15, 0.2) is 12.2 Å². The van der Waals surface area contributed by atoms with Gasteiger partial charge in [-0.2, -0.15) is 0 Å². The van der Waals surface area contributed by atoms with Crippen molar-refractivity contribution in [2.24, 2.45) is 0 Å². The zero-order valence-electron chi connectivity index (χ0n) is 62.1. The van der Waals surface area contributed by atoms with Crippen molar-refractivity contribution in [2.75, 3.05) is 39.6 Å². The Bertz CT molecular complexity index is 2470. The zero-order chi connectivity index (χ0) is 73.2. The van der Waals surface area contributed by atoms with Crippen molar-refractivity contribution < 1.29 is 80.2 Å². The second kappa shape index (κ2) is 72.3. The Morgan fingerprint density at radius 2 is 0.520 bits per heavy atom. The van der Waals surface area contributed by atoms with Crippen molar-refractivity contribution >= 4 is 39.5 Å². The van der Waals surface area contributed by atoms with Crippen molar-refractivity contribution in [2.45, 2.75) is 303 Å². The van der Waals surface area contributed by atoms with Crippen LogP contribution in [0.1, 0.15) is 285 Å². The van der Waals surface area contributed by atoms with E-state index in [0.29, 0.717) is 25.7 Å². The maximum absolute atomic E-state index is 13.1. The summed E-state index contributed by atoms with van der Waals surface area (Å²) in [5.41, 5.74) is 0. The molecule has 0 aliphatic heterocycles. The Balaban J connectivity index is 5.41. The van der Waals surface area contributed by atoms with Crippen LogP contribution in [0.4, 0.5) is 0 Å². The molecule has 0 fully saturated rings. The van der Waals surface area contributed by atoms with E-state index in [4.69, 9.17) is 37.0 Å². The van der Waals surface area contributed by atoms with Gasteiger partial charge in [0.05, 0.1) is 26.4 Å². The third-order valence-electron chi connectivity index (χ3n) is 15.2. The average molecular weight is 1440 g/mol. The summed E-state index contributed by atoms with van der Waals surface area (Å²) in [4.78, 5) is 72.9. The van der Waals surface area contributed by atoms with Gasteiger partial charge in [-0.3, -0.25) is 37.3 Å². The van der Waals surface area contributed by atoms with E-state index in [9.17, 15) is 43.2 Å². The first-order valence-corrected chi connectivity index (χ1v) is 41.1. The number of allylic oxidation sites excluding steroid dienone is 24. The van der Waals surface area contributed by atoms with Crippen LogP contribution in [0.5, 0.6) is 0 Å². The molecular formula is C81H134O17P2. The number of carbonyl (C=O) groups is 4. The van der Waals surface area contributed by atoms with Crippen LogP contribution in [0.2, 0.25) is 0 Å². The molecule has 3 N–H and O–H groups in total. The molecule has 0 heterocycles. The predicted octanol–water partition coefficient (Wildman–Crippen LogP) is 21.9. The molecule has 100 heavy (non-hydrogen) atoms. The second-order valence-corrected chi connectivity index (χ2v) is 27.7. The highest BCUT2D eigenvalue weighted by Gasteiger charge is 2.30. The standard InChI is InChI=1S/C81H134O17P2/c1-5-9-13-17-21-25-29-33-35-36-37-38-40-43-46-50-54-58-62-66-79(84)92-72-77(98-81(86)68-64-60-56-52-48-44-39-34-30-26-22-18-14-10-6-2)74-96-100(89,90)94-70-75(82)69-93-99(87,88)95-73-76(97-80(85)67-63-59-55-51-47-42-32-28-24-20-16-12-8-4)71-91-78(83)65-61-57-53-49-45-41-31-27-23-19-15-11-7-3/h9-10,13-16,19-22,25-28,31-35,37-39,43,46,75-77,82H,5-8,11-12,17-18,23-24,29-30,36,40-42,44-45,47-74H2,1-4H3,(H,87,88)(H,89,90)/b13-9-,14-10-,19-15-,20-16-,25-21-,26-22-,31-27-,32-28-,35-33-,38-37-,39-34-,46-43-. The molecule has 0 aromatic rings. The monoisotopic (exact) mass is 1440 g/mol. The van der Waals surface area contributed by atoms with Gasteiger partial charge in [-0.1, -0.05) is 251 Å². The maximum Gasteiger partial charge on any atom is 0.472 e. The Morgan fingerprint density at radius 3 is 0.810 bits per heavy atom. The molecule has 570 valence electrons. The first-order valence-electron chi connectivity index (χ1n) is 38.1. The maximum atomic E-state index is 13.1. The Labute approximate surface area is 605 Å². The number of hydrogen-bond donors (Lipinski definition) is 3. The van der Waals surface area contributed by atoms with Crippen LogP contribution >= 0.6 is 15.6 Å². The SMILES string of the molecule is CC/C=C\C/C=C\C/C=C\C/C=C\C/C=C\CCCCCC(=O)OCC(COP(=O)(O)OCC(O)COP(=O)(O)OCC(COC(=O)CCCCCCC/C=C\C/C=C\CCC)OC(=O)CCCCCCC/C=C\C/C=C\CCC)OC(=O)CCCCCCC/C=C\C/C=C\C/C=C\CC. The van der Waals surface area contributed by atoms with Gasteiger partial charge in [-0.05, 0) is 154 Å². The summed E-state index contributed by atoms with van der Waals surface area (Å²) in [5, 5.41) is 10.6. The third kappa shape index (κ3) is 71.3. The minimum absolute atomic E-state index is 0.0628. The van der Waals surface area contributed by atoms with Crippen molar-refractivity contribution in [1.29, 1.82) is 0 Å². The summed E-state index contributed by atoms with van der Waals surface area (Å²) in [6.45, 7) is 4.41. The number of unbranched alkanes of at least 4 members (excludes halogenated alkanes) is 20. The van der Waals surface area contributed by atoms with Gasteiger partial charge in [-0.25, -0.2) is 9.13 Å². The highest BCUT2D eigenvalue weighted by Crippen LogP contribution is 2.45. The number of phosphoric acid groups is 2. The molecule has 0 aliphatic rings. The van der Waals surface area contributed by atoms with E-state index in [1.807, 2.05) is 0 Å². The lowest BCUT2D eigenvalue weighted by Crippen LogP contribution is -2.30. The average Bonchev–Trinajstić information content (AvgIpc) is 0.946. The van der Waals surface area contributed by atoms with Gasteiger partial charge in [0.2, 0.25) is 0 Å². The van der Waals surface area contributed by atoms with E-state index < -0.39 is 97.5 Å². The molecule has 5 unspecified atom stereocenters. The van der Waals surface area contributed by atoms with E-state index in [-0.39, 0.29) is 25.7 Å². The molecule has 0 aliphatic carbocycles. The fourth-order valence-corrected chi connectivity index (χ4v) is 11.1. The van der Waals surface area contributed by atoms with Crippen LogP contribution in [-0.2, 0) is 65.4 Å². The number of rotatable bonds is 70. The highest BCUT2D eigenvalue weighted by atomic mass is 31.2. The molecule has 19 heteroatoms. The number of aliphatic hydroxyl groups excluding tert-OH is 1. The molecule has 0 rings (SSSR count). The highest BCUT2D eigenvalue weighted by molar-refractivity contribution is 7.47. The summed E-state index contributed by atoms with van der Waals surface area (Å²) in [5.74, 6) is -2.27. The number of phosphoric ester groups is 2. The van der Waals surface area contributed by atoms with Crippen LogP contribution in [0.15, 0.2) is 146 Å². The van der Waals surface area contributed by atoms with E-state index >= 15 is 0 Å².